The van der Waals surface area contributed by atoms with Crippen LogP contribution in [0, 0.1) is 12.8 Å². The lowest BCUT2D eigenvalue weighted by molar-refractivity contribution is 0.459. The largest absolute Gasteiger partial charge is 0.351 e. The molecule has 3 heterocycles. The smallest absolute Gasteiger partial charge is 0.193 e. The third-order valence-electron chi connectivity index (χ3n) is 4.61. The third kappa shape index (κ3) is 3.93. The molecule has 6 nitrogen and oxygen atoms in total. The highest BCUT2D eigenvalue weighted by molar-refractivity contribution is 5.80. The summed E-state index contributed by atoms with van der Waals surface area (Å²) < 4.78 is 1.87. The van der Waals surface area contributed by atoms with E-state index in [0.717, 1.165) is 31.2 Å². The summed E-state index contributed by atoms with van der Waals surface area (Å²) in [4.78, 5) is 11.2. The molecular weight excluding hydrogens is 300 g/mol. The Labute approximate surface area is 143 Å². The topological polar surface area (TPSA) is 58.3 Å². The van der Waals surface area contributed by atoms with Crippen molar-refractivity contribution in [2.24, 2.45) is 18.0 Å². The zero-order valence-corrected chi connectivity index (χ0v) is 14.7. The predicted molar refractivity (Wildman–Crippen MR) is 95.8 cm³/mol. The Hall–Kier alpha value is -2.37. The summed E-state index contributed by atoms with van der Waals surface area (Å²) >= 11 is 0. The average Bonchev–Trinajstić information content (AvgIpc) is 3.19. The predicted octanol–water partition coefficient (Wildman–Crippen LogP) is 1.76. The van der Waals surface area contributed by atoms with Gasteiger partial charge < -0.3 is 10.2 Å². The molecule has 128 valence electrons. The van der Waals surface area contributed by atoms with Crippen molar-refractivity contribution in [3.63, 3.8) is 0 Å². The molecule has 24 heavy (non-hydrogen) atoms. The highest BCUT2D eigenvalue weighted by atomic mass is 15.3. The number of nitrogens with one attached hydrogen (secondary N) is 1. The molecule has 1 unspecified atom stereocenters. The van der Waals surface area contributed by atoms with Crippen LogP contribution in [0.1, 0.15) is 23.2 Å². The summed E-state index contributed by atoms with van der Waals surface area (Å²) in [7, 11) is 3.82. The van der Waals surface area contributed by atoms with Crippen LogP contribution in [0.3, 0.4) is 0 Å². The van der Waals surface area contributed by atoms with Crippen LogP contribution < -0.4 is 5.32 Å². The number of hydrogen-bond donors (Lipinski definition) is 1. The normalized spacial score (nSPS) is 18.2. The Kier molecular flexibility index (Phi) is 5.13. The fourth-order valence-electron chi connectivity index (χ4n) is 3.30. The van der Waals surface area contributed by atoms with Crippen LogP contribution in [0.5, 0.6) is 0 Å². The quantitative estimate of drug-likeness (QED) is 0.687. The molecule has 2 aromatic heterocycles. The summed E-state index contributed by atoms with van der Waals surface area (Å²) in [6, 6.07) is 4.06. The minimum absolute atomic E-state index is 0.657. The summed E-state index contributed by atoms with van der Waals surface area (Å²) in [5.74, 6) is 1.62. The van der Waals surface area contributed by atoms with E-state index in [4.69, 9.17) is 0 Å². The summed E-state index contributed by atoms with van der Waals surface area (Å²) in [5, 5.41) is 7.71. The highest BCUT2D eigenvalue weighted by Crippen LogP contribution is 2.20. The van der Waals surface area contributed by atoms with Crippen molar-refractivity contribution in [1.29, 1.82) is 0 Å². The Balaban J connectivity index is 1.54. The van der Waals surface area contributed by atoms with Crippen molar-refractivity contribution in [3.05, 3.63) is 47.5 Å². The first kappa shape index (κ1) is 16.5. The number of pyridine rings is 1. The number of aryl methyl sites for hydroxylation is 2. The van der Waals surface area contributed by atoms with Crippen molar-refractivity contribution in [3.8, 4) is 0 Å². The second-order valence-electron chi connectivity index (χ2n) is 6.49. The zero-order valence-electron chi connectivity index (χ0n) is 14.7. The molecule has 3 rings (SSSR count). The van der Waals surface area contributed by atoms with Gasteiger partial charge in [-0.25, -0.2) is 0 Å². The Morgan fingerprint density at radius 3 is 3.04 bits per heavy atom. The van der Waals surface area contributed by atoms with Gasteiger partial charge in [0.2, 0.25) is 0 Å². The van der Waals surface area contributed by atoms with E-state index in [2.05, 4.69) is 44.5 Å². The first-order chi connectivity index (χ1) is 11.7. The number of nitrogens with zero attached hydrogens (tertiary/aromatic N) is 5. The van der Waals surface area contributed by atoms with Gasteiger partial charge in [0.15, 0.2) is 5.96 Å². The fourth-order valence-corrected chi connectivity index (χ4v) is 3.30. The number of guanidine groups is 1. The summed E-state index contributed by atoms with van der Waals surface area (Å²) in [6.45, 7) is 4.89. The molecule has 0 amide bonds. The van der Waals surface area contributed by atoms with Crippen LogP contribution in [0.25, 0.3) is 0 Å². The minimum atomic E-state index is 0.657. The van der Waals surface area contributed by atoms with Gasteiger partial charge in [0, 0.05) is 39.6 Å². The Bertz CT molecular complexity index is 705. The molecule has 0 aromatic carbocycles. The molecule has 1 atom stereocenters. The maximum Gasteiger partial charge on any atom is 0.193 e. The van der Waals surface area contributed by atoms with E-state index in [1.54, 1.807) is 0 Å². The van der Waals surface area contributed by atoms with Gasteiger partial charge in [-0.05, 0) is 42.9 Å². The maximum atomic E-state index is 4.45. The molecule has 0 spiro atoms. The average molecular weight is 326 g/mol. The number of aliphatic imine (C=N–C) groups is 1. The van der Waals surface area contributed by atoms with Gasteiger partial charge in [-0.2, -0.15) is 5.10 Å². The SMILES string of the molecule is CN=C(NCc1ncccc1C)N1CCC(Cc2cnn(C)c2)C1. The van der Waals surface area contributed by atoms with Gasteiger partial charge in [-0.1, -0.05) is 6.07 Å². The number of rotatable bonds is 4. The van der Waals surface area contributed by atoms with E-state index in [1.807, 2.05) is 37.2 Å². The lowest BCUT2D eigenvalue weighted by Gasteiger charge is -2.22. The monoisotopic (exact) mass is 326 g/mol. The number of likely N-dealkylation sites (tertiary alicyclic amines) is 1. The second kappa shape index (κ2) is 7.47. The van der Waals surface area contributed by atoms with Gasteiger partial charge in [-0.3, -0.25) is 14.7 Å². The molecule has 0 radical (unpaired) electrons. The second-order valence-corrected chi connectivity index (χ2v) is 6.49. The van der Waals surface area contributed by atoms with Crippen LogP contribution in [0.15, 0.2) is 35.7 Å². The maximum absolute atomic E-state index is 4.45. The minimum Gasteiger partial charge on any atom is -0.351 e. The molecule has 0 aliphatic carbocycles. The van der Waals surface area contributed by atoms with Crippen molar-refractivity contribution in [2.75, 3.05) is 20.1 Å². The highest BCUT2D eigenvalue weighted by Gasteiger charge is 2.25. The molecule has 0 saturated carbocycles. The lowest BCUT2D eigenvalue weighted by Crippen LogP contribution is -2.40. The molecule has 6 heteroatoms. The Morgan fingerprint density at radius 1 is 1.46 bits per heavy atom. The van der Waals surface area contributed by atoms with Crippen molar-refractivity contribution in [1.82, 2.24) is 25.0 Å². The summed E-state index contributed by atoms with van der Waals surface area (Å²) in [6.07, 6.45) is 8.20. The van der Waals surface area contributed by atoms with E-state index >= 15 is 0 Å². The molecular formula is C18H26N6. The standard InChI is InChI=1S/C18H26N6/c1-14-5-4-7-20-17(14)11-21-18(19-2)24-8-6-15(13-24)9-16-10-22-23(3)12-16/h4-5,7,10,12,15H,6,8-9,11,13H2,1-3H3,(H,19,21). The molecule has 1 fully saturated rings. The number of aromatic nitrogens is 3. The lowest BCUT2D eigenvalue weighted by atomic mass is 10.0. The fraction of sp³-hybridized carbons (Fsp3) is 0.500. The first-order valence-corrected chi connectivity index (χ1v) is 8.49. The van der Waals surface area contributed by atoms with Crippen LogP contribution >= 0.6 is 0 Å². The van der Waals surface area contributed by atoms with Crippen LogP contribution in [-0.4, -0.2) is 45.8 Å². The zero-order chi connectivity index (χ0) is 16.9. The molecule has 1 aliphatic rings. The van der Waals surface area contributed by atoms with Gasteiger partial charge >= 0.3 is 0 Å². The van der Waals surface area contributed by atoms with E-state index < -0.39 is 0 Å². The molecule has 0 bridgehead atoms. The Morgan fingerprint density at radius 2 is 2.33 bits per heavy atom. The van der Waals surface area contributed by atoms with Gasteiger partial charge in [0.25, 0.3) is 0 Å². The van der Waals surface area contributed by atoms with Crippen LogP contribution in [-0.2, 0) is 20.0 Å². The van der Waals surface area contributed by atoms with E-state index in [1.165, 1.54) is 17.5 Å². The number of hydrogen-bond acceptors (Lipinski definition) is 3. The van der Waals surface area contributed by atoms with Crippen LogP contribution in [0.2, 0.25) is 0 Å². The van der Waals surface area contributed by atoms with Crippen molar-refractivity contribution >= 4 is 5.96 Å². The van der Waals surface area contributed by atoms with Crippen LogP contribution in [0.4, 0.5) is 0 Å². The van der Waals surface area contributed by atoms with E-state index in [9.17, 15) is 0 Å². The van der Waals surface area contributed by atoms with E-state index in [-0.39, 0.29) is 0 Å². The molecule has 1 saturated heterocycles. The van der Waals surface area contributed by atoms with Crippen molar-refractivity contribution < 1.29 is 0 Å². The molecule has 1 aliphatic heterocycles. The summed E-state index contributed by atoms with van der Waals surface area (Å²) in [5.41, 5.74) is 3.59. The third-order valence-corrected chi connectivity index (χ3v) is 4.61. The van der Waals surface area contributed by atoms with Gasteiger partial charge in [0.05, 0.1) is 18.4 Å². The van der Waals surface area contributed by atoms with Gasteiger partial charge in [-0.15, -0.1) is 0 Å². The first-order valence-electron chi connectivity index (χ1n) is 8.49. The van der Waals surface area contributed by atoms with Crippen molar-refractivity contribution in [2.45, 2.75) is 26.3 Å². The van der Waals surface area contributed by atoms with Gasteiger partial charge in [0.1, 0.15) is 0 Å². The molecule has 2 aromatic rings. The molecule has 1 N–H and O–H groups in total. The van der Waals surface area contributed by atoms with E-state index in [0.29, 0.717) is 12.5 Å².